The summed E-state index contributed by atoms with van der Waals surface area (Å²) in [5.74, 6) is 0.0636. The number of rotatable bonds is 7. The van der Waals surface area contributed by atoms with E-state index in [2.05, 4.69) is 20.8 Å². The summed E-state index contributed by atoms with van der Waals surface area (Å²) in [4.78, 5) is 23.4. The van der Waals surface area contributed by atoms with E-state index in [-0.39, 0.29) is 17.6 Å². The Morgan fingerprint density at radius 2 is 1.87 bits per heavy atom. The Morgan fingerprint density at radius 1 is 1.13 bits per heavy atom. The van der Waals surface area contributed by atoms with Gasteiger partial charge in [-0.25, -0.2) is 0 Å². The van der Waals surface area contributed by atoms with Gasteiger partial charge < -0.3 is 10.6 Å². The van der Waals surface area contributed by atoms with Gasteiger partial charge in [0.05, 0.1) is 5.75 Å². The molecule has 8 heteroatoms. The standard InChI is InChI=1S/C15H18N4O2S2/c1-3-4-12(20)17-14-18-19-15(23-14)22-9-13(21)16-11-7-5-10(2)6-8-11/h5-8H,3-4,9H2,1-2H3,(H,16,21)(H,17,18,20). The second-order valence-corrected chi connectivity index (χ2v) is 7.07. The molecule has 0 aliphatic heterocycles. The van der Waals surface area contributed by atoms with Gasteiger partial charge in [-0.3, -0.25) is 9.59 Å². The Morgan fingerprint density at radius 3 is 2.57 bits per heavy atom. The smallest absolute Gasteiger partial charge is 0.234 e. The van der Waals surface area contributed by atoms with E-state index in [1.807, 2.05) is 38.1 Å². The zero-order valence-corrected chi connectivity index (χ0v) is 14.6. The van der Waals surface area contributed by atoms with Gasteiger partial charge in [-0.2, -0.15) is 0 Å². The largest absolute Gasteiger partial charge is 0.325 e. The van der Waals surface area contributed by atoms with Gasteiger partial charge in [-0.05, 0) is 25.5 Å². The van der Waals surface area contributed by atoms with Gasteiger partial charge in [0.2, 0.25) is 16.9 Å². The highest BCUT2D eigenvalue weighted by atomic mass is 32.2. The second kappa shape index (κ2) is 8.64. The highest BCUT2D eigenvalue weighted by Gasteiger charge is 2.10. The Bertz CT molecular complexity index is 670. The number of amides is 2. The molecule has 1 aromatic carbocycles. The highest BCUT2D eigenvalue weighted by molar-refractivity contribution is 8.01. The first-order valence-corrected chi connectivity index (χ1v) is 8.99. The fourth-order valence-corrected chi connectivity index (χ4v) is 3.26. The van der Waals surface area contributed by atoms with Crippen LogP contribution in [0.5, 0.6) is 0 Å². The van der Waals surface area contributed by atoms with Crippen LogP contribution < -0.4 is 10.6 Å². The minimum atomic E-state index is -0.106. The lowest BCUT2D eigenvalue weighted by Gasteiger charge is -2.04. The maximum absolute atomic E-state index is 11.9. The summed E-state index contributed by atoms with van der Waals surface area (Å²) in [5, 5.41) is 13.8. The summed E-state index contributed by atoms with van der Waals surface area (Å²) < 4.78 is 0.649. The van der Waals surface area contributed by atoms with Crippen molar-refractivity contribution in [1.82, 2.24) is 10.2 Å². The summed E-state index contributed by atoms with van der Waals surface area (Å²) in [6, 6.07) is 7.62. The molecule has 0 atom stereocenters. The first-order valence-electron chi connectivity index (χ1n) is 7.19. The predicted molar refractivity (Wildman–Crippen MR) is 94.0 cm³/mol. The fourth-order valence-electron chi connectivity index (χ4n) is 1.69. The van der Waals surface area contributed by atoms with Crippen LogP contribution in [0.4, 0.5) is 10.8 Å². The molecule has 122 valence electrons. The van der Waals surface area contributed by atoms with Gasteiger partial charge >= 0.3 is 0 Å². The quantitative estimate of drug-likeness (QED) is 0.591. The predicted octanol–water partition coefficient (Wildman–Crippen LogP) is 3.32. The fraction of sp³-hybridized carbons (Fsp3) is 0.333. The molecule has 2 N–H and O–H groups in total. The summed E-state index contributed by atoms with van der Waals surface area (Å²) in [7, 11) is 0. The van der Waals surface area contributed by atoms with Crippen molar-refractivity contribution in [3.63, 3.8) is 0 Å². The third-order valence-corrected chi connectivity index (χ3v) is 4.76. The third kappa shape index (κ3) is 5.99. The average Bonchev–Trinajstić information content (AvgIpc) is 2.95. The number of thioether (sulfide) groups is 1. The number of nitrogens with zero attached hydrogens (tertiary/aromatic N) is 2. The van der Waals surface area contributed by atoms with Gasteiger partial charge in [-0.15, -0.1) is 10.2 Å². The molecule has 1 aromatic heterocycles. The van der Waals surface area contributed by atoms with E-state index in [0.717, 1.165) is 17.7 Å². The SMILES string of the molecule is CCCC(=O)Nc1nnc(SCC(=O)Nc2ccc(C)cc2)s1. The number of aromatic nitrogens is 2. The minimum Gasteiger partial charge on any atom is -0.325 e. The van der Waals surface area contributed by atoms with Crippen LogP contribution in [0.15, 0.2) is 28.6 Å². The summed E-state index contributed by atoms with van der Waals surface area (Å²) in [6.07, 6.45) is 1.24. The van der Waals surface area contributed by atoms with E-state index in [9.17, 15) is 9.59 Å². The maximum Gasteiger partial charge on any atom is 0.234 e. The van der Waals surface area contributed by atoms with Crippen molar-refractivity contribution < 1.29 is 9.59 Å². The van der Waals surface area contributed by atoms with Crippen molar-refractivity contribution >= 4 is 45.7 Å². The molecule has 0 fully saturated rings. The lowest BCUT2D eigenvalue weighted by atomic mass is 10.2. The Kier molecular flexibility index (Phi) is 6.54. The van der Waals surface area contributed by atoms with Crippen LogP contribution >= 0.6 is 23.1 Å². The van der Waals surface area contributed by atoms with Crippen LogP contribution in [0, 0.1) is 6.92 Å². The van der Waals surface area contributed by atoms with E-state index in [1.165, 1.54) is 23.1 Å². The molecule has 0 spiro atoms. The van der Waals surface area contributed by atoms with Crippen LogP contribution in [-0.4, -0.2) is 27.8 Å². The van der Waals surface area contributed by atoms with Crippen molar-refractivity contribution in [1.29, 1.82) is 0 Å². The average molecular weight is 350 g/mol. The number of carbonyl (C=O) groups excluding carboxylic acids is 2. The van der Waals surface area contributed by atoms with Crippen LogP contribution in [0.1, 0.15) is 25.3 Å². The molecule has 0 aliphatic rings. The van der Waals surface area contributed by atoms with E-state index in [4.69, 9.17) is 0 Å². The van der Waals surface area contributed by atoms with E-state index >= 15 is 0 Å². The van der Waals surface area contributed by atoms with Gasteiger partial charge in [0.25, 0.3) is 0 Å². The molecule has 0 aliphatic carbocycles. The summed E-state index contributed by atoms with van der Waals surface area (Å²) >= 11 is 2.56. The molecule has 1 heterocycles. The van der Waals surface area contributed by atoms with Crippen molar-refractivity contribution in [3.8, 4) is 0 Å². The molecule has 0 saturated heterocycles. The van der Waals surface area contributed by atoms with Gasteiger partial charge in [-0.1, -0.05) is 47.7 Å². The normalized spacial score (nSPS) is 10.3. The zero-order valence-electron chi connectivity index (χ0n) is 13.0. The number of benzene rings is 1. The lowest BCUT2D eigenvalue weighted by molar-refractivity contribution is -0.116. The molecule has 2 rings (SSSR count). The summed E-state index contributed by atoms with van der Waals surface area (Å²) in [6.45, 7) is 3.93. The minimum absolute atomic E-state index is 0.0719. The van der Waals surface area contributed by atoms with Crippen LogP contribution in [0.2, 0.25) is 0 Å². The summed E-state index contributed by atoms with van der Waals surface area (Å²) in [5.41, 5.74) is 1.91. The van der Waals surface area contributed by atoms with Gasteiger partial charge in [0, 0.05) is 12.1 Å². The molecule has 0 unspecified atom stereocenters. The Hall–Kier alpha value is -1.93. The molecule has 23 heavy (non-hydrogen) atoms. The van der Waals surface area contributed by atoms with E-state index in [0.29, 0.717) is 15.9 Å². The number of hydrogen-bond acceptors (Lipinski definition) is 6. The molecule has 0 radical (unpaired) electrons. The first kappa shape index (κ1) is 17.4. The number of nitrogens with one attached hydrogen (secondary N) is 2. The molecule has 2 aromatic rings. The maximum atomic E-state index is 11.9. The molecule has 2 amide bonds. The van der Waals surface area contributed by atoms with E-state index < -0.39 is 0 Å². The Balaban J connectivity index is 1.79. The number of carbonyl (C=O) groups is 2. The monoisotopic (exact) mass is 350 g/mol. The molecule has 0 bridgehead atoms. The Labute approximate surface area is 143 Å². The zero-order chi connectivity index (χ0) is 16.7. The van der Waals surface area contributed by atoms with Crippen molar-refractivity contribution in [2.45, 2.75) is 31.0 Å². The van der Waals surface area contributed by atoms with Crippen molar-refractivity contribution in [2.75, 3.05) is 16.4 Å². The van der Waals surface area contributed by atoms with Crippen LogP contribution in [0.3, 0.4) is 0 Å². The molecule has 6 nitrogen and oxygen atoms in total. The molecular formula is C15H18N4O2S2. The number of hydrogen-bond donors (Lipinski definition) is 2. The van der Waals surface area contributed by atoms with Gasteiger partial charge in [0.1, 0.15) is 0 Å². The van der Waals surface area contributed by atoms with Gasteiger partial charge in [0.15, 0.2) is 4.34 Å². The topological polar surface area (TPSA) is 84.0 Å². The second-order valence-electron chi connectivity index (χ2n) is 4.87. The van der Waals surface area contributed by atoms with Crippen LogP contribution in [0.25, 0.3) is 0 Å². The van der Waals surface area contributed by atoms with Crippen LogP contribution in [-0.2, 0) is 9.59 Å². The third-order valence-electron chi connectivity index (χ3n) is 2.79. The lowest BCUT2D eigenvalue weighted by Crippen LogP contribution is -2.13. The van der Waals surface area contributed by atoms with Crippen molar-refractivity contribution in [2.24, 2.45) is 0 Å². The highest BCUT2D eigenvalue weighted by Crippen LogP contribution is 2.25. The first-order chi connectivity index (χ1) is 11.1. The number of anilines is 2. The number of aryl methyl sites for hydroxylation is 1. The molecular weight excluding hydrogens is 332 g/mol. The van der Waals surface area contributed by atoms with E-state index in [1.54, 1.807) is 0 Å². The van der Waals surface area contributed by atoms with Crippen molar-refractivity contribution in [3.05, 3.63) is 29.8 Å². The molecule has 0 saturated carbocycles.